The molecule has 0 saturated heterocycles. The topological polar surface area (TPSA) is 84.1 Å². The molecule has 1 heterocycles. The third-order valence-corrected chi connectivity index (χ3v) is 2.38. The van der Waals surface area contributed by atoms with E-state index < -0.39 is 11.9 Å². The lowest BCUT2D eigenvalue weighted by Gasteiger charge is -2.03. The molecular formula is C12H13N3O3. The van der Waals surface area contributed by atoms with Crippen LogP contribution in [0, 0.1) is 0 Å². The first-order chi connectivity index (χ1) is 8.72. The van der Waals surface area contributed by atoms with Gasteiger partial charge in [-0.1, -0.05) is 18.2 Å². The minimum atomic E-state index is -0.467. The lowest BCUT2D eigenvalue weighted by atomic mass is 10.2. The summed E-state index contributed by atoms with van der Waals surface area (Å²) in [5, 5.41) is 9.87. The second kappa shape index (κ2) is 5.31. The molecule has 0 radical (unpaired) electrons. The lowest BCUT2D eigenvalue weighted by Crippen LogP contribution is -2.30. The van der Waals surface area contributed by atoms with E-state index in [4.69, 9.17) is 4.74 Å². The Morgan fingerprint density at radius 2 is 2.17 bits per heavy atom. The number of fused-ring (bicyclic) bond motifs is 1. The number of para-hydroxylation sites is 1. The predicted molar refractivity (Wildman–Crippen MR) is 65.1 cm³/mol. The number of nitrogens with zero attached hydrogens (tertiary/aromatic N) is 1. The second-order valence-electron chi connectivity index (χ2n) is 3.61. The van der Waals surface area contributed by atoms with Gasteiger partial charge in [0.05, 0.1) is 12.1 Å². The first kappa shape index (κ1) is 12.1. The van der Waals surface area contributed by atoms with Crippen molar-refractivity contribution in [1.82, 2.24) is 15.5 Å². The molecule has 0 aliphatic rings. The normalized spacial score (nSPS) is 10.3. The van der Waals surface area contributed by atoms with Crippen LogP contribution in [0.1, 0.15) is 17.4 Å². The zero-order valence-corrected chi connectivity index (χ0v) is 9.90. The summed E-state index contributed by atoms with van der Waals surface area (Å²) in [6, 6.07) is 7.28. The molecule has 6 nitrogen and oxygen atoms in total. The molecule has 6 heteroatoms. The van der Waals surface area contributed by atoms with Gasteiger partial charge >= 0.3 is 5.97 Å². The summed E-state index contributed by atoms with van der Waals surface area (Å²) < 4.78 is 4.72. The van der Waals surface area contributed by atoms with Crippen molar-refractivity contribution in [2.45, 2.75) is 6.92 Å². The van der Waals surface area contributed by atoms with Crippen LogP contribution in [0.3, 0.4) is 0 Å². The quantitative estimate of drug-likeness (QED) is 0.785. The van der Waals surface area contributed by atoms with Crippen LogP contribution in [0.2, 0.25) is 0 Å². The molecule has 0 atom stereocenters. The van der Waals surface area contributed by atoms with Crippen molar-refractivity contribution in [2.24, 2.45) is 0 Å². The van der Waals surface area contributed by atoms with Crippen LogP contribution in [0.15, 0.2) is 24.3 Å². The van der Waals surface area contributed by atoms with E-state index in [1.807, 2.05) is 18.2 Å². The maximum Gasteiger partial charge on any atom is 0.325 e. The number of aromatic nitrogens is 2. The summed E-state index contributed by atoms with van der Waals surface area (Å²) in [6.45, 7) is 1.84. The van der Waals surface area contributed by atoms with Gasteiger partial charge in [-0.25, -0.2) is 0 Å². The highest BCUT2D eigenvalue weighted by Crippen LogP contribution is 2.14. The van der Waals surface area contributed by atoms with E-state index in [1.54, 1.807) is 13.0 Å². The van der Waals surface area contributed by atoms with Gasteiger partial charge in [0.15, 0.2) is 5.69 Å². The van der Waals surface area contributed by atoms with Crippen LogP contribution in [-0.2, 0) is 9.53 Å². The van der Waals surface area contributed by atoms with Gasteiger partial charge in [0, 0.05) is 5.39 Å². The first-order valence-electron chi connectivity index (χ1n) is 5.59. The van der Waals surface area contributed by atoms with Gasteiger partial charge in [-0.2, -0.15) is 5.10 Å². The molecule has 0 saturated carbocycles. The van der Waals surface area contributed by atoms with Gasteiger partial charge in [0.1, 0.15) is 6.54 Å². The minimum Gasteiger partial charge on any atom is -0.465 e. The molecule has 1 aromatic heterocycles. The average Bonchev–Trinajstić information content (AvgIpc) is 2.80. The standard InChI is InChI=1S/C12H13N3O3/c1-2-18-10(16)7-13-12(17)11-8-5-3-4-6-9(8)14-15-11/h3-6H,2,7H2,1H3,(H,13,17)(H,14,15). The summed E-state index contributed by atoms with van der Waals surface area (Å²) in [4.78, 5) is 22.9. The Kier molecular flexibility index (Phi) is 3.57. The van der Waals surface area contributed by atoms with Crippen LogP contribution in [0.4, 0.5) is 0 Å². The Balaban J connectivity index is 2.07. The molecule has 0 spiro atoms. The number of carbonyl (C=O) groups is 2. The summed E-state index contributed by atoms with van der Waals surface area (Å²) in [5.74, 6) is -0.869. The molecule has 2 rings (SSSR count). The smallest absolute Gasteiger partial charge is 0.325 e. The Morgan fingerprint density at radius 3 is 2.94 bits per heavy atom. The van der Waals surface area contributed by atoms with Gasteiger partial charge in [-0.3, -0.25) is 14.7 Å². The van der Waals surface area contributed by atoms with Crippen LogP contribution in [-0.4, -0.2) is 35.2 Å². The monoisotopic (exact) mass is 247 g/mol. The number of aromatic amines is 1. The fraction of sp³-hybridized carbons (Fsp3) is 0.250. The number of ether oxygens (including phenoxy) is 1. The van der Waals surface area contributed by atoms with Crippen molar-refractivity contribution in [2.75, 3.05) is 13.2 Å². The number of benzene rings is 1. The van der Waals surface area contributed by atoms with Crippen molar-refractivity contribution < 1.29 is 14.3 Å². The van der Waals surface area contributed by atoms with Gasteiger partial charge < -0.3 is 10.1 Å². The summed E-state index contributed by atoms with van der Waals surface area (Å²) in [5.41, 5.74) is 1.05. The van der Waals surface area contributed by atoms with E-state index in [9.17, 15) is 9.59 Å². The molecule has 0 aliphatic heterocycles. The number of hydrogen-bond donors (Lipinski definition) is 2. The Labute approximate surface area is 103 Å². The average molecular weight is 247 g/mol. The van der Waals surface area contributed by atoms with E-state index in [2.05, 4.69) is 15.5 Å². The fourth-order valence-electron chi connectivity index (χ4n) is 1.58. The summed E-state index contributed by atoms with van der Waals surface area (Å²) in [7, 11) is 0. The van der Waals surface area contributed by atoms with Crippen LogP contribution < -0.4 is 5.32 Å². The zero-order valence-electron chi connectivity index (χ0n) is 9.90. The SMILES string of the molecule is CCOC(=O)CNC(=O)c1n[nH]c2ccccc12. The molecular weight excluding hydrogens is 234 g/mol. The van der Waals surface area contributed by atoms with Crippen LogP contribution in [0.5, 0.6) is 0 Å². The first-order valence-corrected chi connectivity index (χ1v) is 5.59. The molecule has 0 fully saturated rings. The lowest BCUT2D eigenvalue weighted by molar-refractivity contribution is -0.141. The minimum absolute atomic E-state index is 0.159. The van der Waals surface area contributed by atoms with Crippen molar-refractivity contribution in [3.05, 3.63) is 30.0 Å². The molecule has 0 bridgehead atoms. The second-order valence-corrected chi connectivity index (χ2v) is 3.61. The third kappa shape index (κ3) is 2.48. The zero-order chi connectivity index (χ0) is 13.0. The van der Waals surface area contributed by atoms with Crippen molar-refractivity contribution in [3.63, 3.8) is 0 Å². The highest BCUT2D eigenvalue weighted by molar-refractivity contribution is 6.05. The van der Waals surface area contributed by atoms with E-state index in [1.165, 1.54) is 0 Å². The molecule has 0 aliphatic carbocycles. The number of nitrogens with one attached hydrogen (secondary N) is 2. The van der Waals surface area contributed by atoms with Gasteiger partial charge in [-0.15, -0.1) is 0 Å². The maximum absolute atomic E-state index is 11.8. The van der Waals surface area contributed by atoms with E-state index in [-0.39, 0.29) is 12.2 Å². The summed E-state index contributed by atoms with van der Waals surface area (Å²) >= 11 is 0. The van der Waals surface area contributed by atoms with Crippen molar-refractivity contribution >= 4 is 22.8 Å². The highest BCUT2D eigenvalue weighted by atomic mass is 16.5. The molecule has 94 valence electrons. The van der Waals surface area contributed by atoms with E-state index in [0.29, 0.717) is 6.61 Å². The Bertz CT molecular complexity index is 577. The number of amides is 1. The number of carbonyl (C=O) groups excluding carboxylic acids is 2. The Morgan fingerprint density at radius 1 is 1.39 bits per heavy atom. The number of esters is 1. The Hall–Kier alpha value is -2.37. The molecule has 18 heavy (non-hydrogen) atoms. The molecule has 1 aromatic carbocycles. The molecule has 0 unspecified atom stereocenters. The van der Waals surface area contributed by atoms with E-state index in [0.717, 1.165) is 10.9 Å². The van der Waals surface area contributed by atoms with Crippen LogP contribution >= 0.6 is 0 Å². The number of H-pyrrole nitrogens is 1. The highest BCUT2D eigenvalue weighted by Gasteiger charge is 2.14. The third-order valence-electron chi connectivity index (χ3n) is 2.38. The molecule has 2 aromatic rings. The van der Waals surface area contributed by atoms with Gasteiger partial charge in [0.2, 0.25) is 0 Å². The number of hydrogen-bond acceptors (Lipinski definition) is 4. The van der Waals surface area contributed by atoms with Crippen molar-refractivity contribution in [1.29, 1.82) is 0 Å². The van der Waals surface area contributed by atoms with Gasteiger partial charge in [-0.05, 0) is 13.0 Å². The van der Waals surface area contributed by atoms with Crippen molar-refractivity contribution in [3.8, 4) is 0 Å². The number of rotatable bonds is 4. The predicted octanol–water partition coefficient (Wildman–Crippen LogP) is 0.856. The maximum atomic E-state index is 11.8. The van der Waals surface area contributed by atoms with Gasteiger partial charge in [0.25, 0.3) is 5.91 Å². The van der Waals surface area contributed by atoms with E-state index >= 15 is 0 Å². The molecule has 1 amide bonds. The van der Waals surface area contributed by atoms with Crippen LogP contribution in [0.25, 0.3) is 10.9 Å². The fourth-order valence-corrected chi connectivity index (χ4v) is 1.58. The molecule has 2 N–H and O–H groups in total. The largest absolute Gasteiger partial charge is 0.465 e. The summed E-state index contributed by atoms with van der Waals surface area (Å²) in [6.07, 6.45) is 0.